The minimum Gasteiger partial charge on any atom is -0.727 e. The Labute approximate surface area is 211 Å². The summed E-state index contributed by atoms with van der Waals surface area (Å²) in [7, 11) is 0. The van der Waals surface area contributed by atoms with E-state index in [4.69, 9.17) is 44.0 Å². The van der Waals surface area contributed by atoms with E-state index in [2.05, 4.69) is 9.51 Å². The van der Waals surface area contributed by atoms with Crippen LogP contribution < -0.4 is 20.5 Å². The Balaban J connectivity index is 1.65. The number of hydrogen-bond donors (Lipinski definition) is 1. The molecule has 1 unspecified atom stereocenters. The van der Waals surface area contributed by atoms with Crippen LogP contribution in [0.2, 0.25) is 0 Å². The van der Waals surface area contributed by atoms with Crippen molar-refractivity contribution in [1.29, 1.82) is 0 Å². The number of ether oxygens (including phenoxy) is 3. The van der Waals surface area contributed by atoms with Gasteiger partial charge in [-0.2, -0.15) is 0 Å². The fourth-order valence-electron chi connectivity index (χ4n) is 3.17. The van der Waals surface area contributed by atoms with E-state index in [1.807, 2.05) is 0 Å². The maximum absolute atomic E-state index is 12.8. The molecule has 1 saturated heterocycles. The van der Waals surface area contributed by atoms with Crippen LogP contribution in [0.25, 0.3) is 0 Å². The minimum atomic E-state index is -2.37. The van der Waals surface area contributed by atoms with Gasteiger partial charge in [0.15, 0.2) is 0 Å². The normalized spacial score (nSPS) is 15.6. The predicted molar refractivity (Wildman–Crippen MR) is 134 cm³/mol. The van der Waals surface area contributed by atoms with Gasteiger partial charge in [-0.3, -0.25) is 9.46 Å². The van der Waals surface area contributed by atoms with E-state index in [0.29, 0.717) is 26.3 Å². The van der Waals surface area contributed by atoms with Crippen LogP contribution in [-0.4, -0.2) is 54.6 Å². The van der Waals surface area contributed by atoms with Gasteiger partial charge in [-0.1, -0.05) is 17.5 Å². The average molecular weight is 541 g/mol. The Morgan fingerprint density at radius 1 is 1.17 bits per heavy atom. The second-order valence-corrected chi connectivity index (χ2v) is 13.3. The molecule has 0 amide bonds. The van der Waals surface area contributed by atoms with Crippen LogP contribution >= 0.6 is 5.39 Å². The van der Waals surface area contributed by atoms with E-state index in [9.17, 15) is 19.7 Å². The number of morpholine rings is 1. The maximum atomic E-state index is 12.8. The van der Waals surface area contributed by atoms with Crippen molar-refractivity contribution in [3.63, 3.8) is 0 Å². The number of rotatable bonds is 10. The average Bonchev–Trinajstić information content (AvgIpc) is 2.82. The van der Waals surface area contributed by atoms with Gasteiger partial charge in [0.1, 0.15) is 17.1 Å². The molecule has 0 aliphatic carbocycles. The molecule has 2 N–H and O–H groups in total. The van der Waals surface area contributed by atoms with Crippen molar-refractivity contribution in [3.05, 3.63) is 58.1 Å². The van der Waals surface area contributed by atoms with Crippen LogP contribution in [0.4, 0.5) is 5.69 Å². The van der Waals surface area contributed by atoms with E-state index >= 15 is 0 Å². The van der Waals surface area contributed by atoms with Gasteiger partial charge in [-0.05, 0) is 36.0 Å². The molecule has 1 aliphatic heterocycles. The molecule has 188 valence electrons. The Bertz CT molecular complexity index is 1130. The van der Waals surface area contributed by atoms with Crippen molar-refractivity contribution in [2.75, 3.05) is 38.6 Å². The molecular formula is C21H23N3O8PS2-. The summed E-state index contributed by atoms with van der Waals surface area (Å²) >= 11 is 11.5. The summed E-state index contributed by atoms with van der Waals surface area (Å²) in [5, 5.41) is 7.67. The molecule has 35 heavy (non-hydrogen) atoms. The van der Waals surface area contributed by atoms with E-state index in [-0.39, 0.29) is 42.2 Å². The van der Waals surface area contributed by atoms with Gasteiger partial charge in [-0.15, -0.1) is 21.9 Å². The van der Waals surface area contributed by atoms with Crippen molar-refractivity contribution in [1.82, 2.24) is 4.67 Å². The largest absolute Gasteiger partial charge is 0.727 e. The van der Waals surface area contributed by atoms with Crippen LogP contribution in [0, 0.1) is 10.1 Å². The summed E-state index contributed by atoms with van der Waals surface area (Å²) in [5.41, 5.74) is 6.02. The first-order valence-corrected chi connectivity index (χ1v) is 14.3. The van der Waals surface area contributed by atoms with E-state index in [1.54, 1.807) is 24.3 Å². The summed E-state index contributed by atoms with van der Waals surface area (Å²) in [5.74, 6) is -1.29. The highest BCUT2D eigenvalue weighted by molar-refractivity contribution is 8.56. The summed E-state index contributed by atoms with van der Waals surface area (Å²) in [6.07, 6.45) is -0.0939. The molecule has 11 nitrogen and oxygen atoms in total. The number of carbonyl (C=O) groups is 2. The Morgan fingerprint density at radius 2 is 1.86 bits per heavy atom. The highest BCUT2D eigenvalue weighted by atomic mass is 32.9. The lowest BCUT2D eigenvalue weighted by molar-refractivity contribution is -0.757. The third-order valence-electron chi connectivity index (χ3n) is 4.90. The lowest BCUT2D eigenvalue weighted by atomic mass is 10.2. The monoisotopic (exact) mass is 540 g/mol. The number of hydrogen-bond acceptors (Lipinski definition) is 11. The summed E-state index contributed by atoms with van der Waals surface area (Å²) in [6, 6.07) is 10.9. The highest BCUT2D eigenvalue weighted by Crippen LogP contribution is 2.46. The first-order chi connectivity index (χ1) is 16.7. The lowest BCUT2D eigenvalue weighted by Crippen LogP contribution is -2.35. The van der Waals surface area contributed by atoms with Crippen molar-refractivity contribution in [2.45, 2.75) is 12.8 Å². The molecule has 2 aromatic rings. The number of esters is 2. The van der Waals surface area contributed by atoms with E-state index in [0.717, 1.165) is 5.30 Å². The molecule has 0 bridgehead atoms. The van der Waals surface area contributed by atoms with Gasteiger partial charge in [0, 0.05) is 31.3 Å². The first kappa shape index (κ1) is 26.9. The molecule has 0 saturated carbocycles. The molecule has 14 heteroatoms. The van der Waals surface area contributed by atoms with Crippen molar-refractivity contribution in [3.8, 4) is 11.5 Å². The van der Waals surface area contributed by atoms with Gasteiger partial charge in [-0.25, -0.2) is 4.79 Å². The van der Waals surface area contributed by atoms with Crippen LogP contribution in [0.5, 0.6) is 11.5 Å². The zero-order valence-electron chi connectivity index (χ0n) is 18.5. The number of benzene rings is 2. The Hall–Kier alpha value is -2.70. The highest BCUT2D eigenvalue weighted by Gasteiger charge is 2.20. The molecule has 1 aliphatic rings. The summed E-state index contributed by atoms with van der Waals surface area (Å²) in [4.78, 5) is 39.2. The van der Waals surface area contributed by atoms with Gasteiger partial charge in [0.25, 0.3) is 5.09 Å². The third kappa shape index (κ3) is 7.64. The molecule has 3 rings (SSSR count). The van der Waals surface area contributed by atoms with Crippen LogP contribution in [0.15, 0.2) is 42.5 Å². The number of nitrogens with two attached hydrogens (primary N) is 1. The first-order valence-electron chi connectivity index (χ1n) is 10.5. The smallest absolute Gasteiger partial charge is 0.347 e. The zero-order chi connectivity index (χ0) is 25.4. The molecule has 0 aromatic heterocycles. The van der Waals surface area contributed by atoms with Crippen molar-refractivity contribution >= 4 is 52.4 Å². The SMILES string of the molecule is Nc1ccc(C(=O)Oc2ccc(P(=S)([S-])N3CCOCC3)cc2)c(OC(=O)CCCO[N+](=O)[O-])c1. The van der Waals surface area contributed by atoms with Gasteiger partial charge in [0.05, 0.1) is 19.8 Å². The fraction of sp³-hybridized carbons (Fsp3) is 0.333. The molecular weight excluding hydrogens is 517 g/mol. The topological polar surface area (TPSA) is 143 Å². The predicted octanol–water partition coefficient (Wildman–Crippen LogP) is 2.20. The van der Waals surface area contributed by atoms with Crippen molar-refractivity contribution in [2.24, 2.45) is 0 Å². The number of nitrogen functional groups attached to an aromatic ring is 1. The van der Waals surface area contributed by atoms with Gasteiger partial charge >= 0.3 is 11.9 Å². The van der Waals surface area contributed by atoms with E-state index < -0.39 is 22.4 Å². The number of nitrogens with zero attached hydrogens (tertiary/aromatic N) is 2. The van der Waals surface area contributed by atoms with E-state index in [1.165, 1.54) is 18.2 Å². The van der Waals surface area contributed by atoms with Crippen LogP contribution in [0.3, 0.4) is 0 Å². The third-order valence-corrected chi connectivity index (χ3v) is 9.65. The Kier molecular flexibility index (Phi) is 9.47. The van der Waals surface area contributed by atoms with Gasteiger partial charge in [0.2, 0.25) is 0 Å². The minimum absolute atomic E-state index is 0.0140. The molecule has 0 radical (unpaired) electrons. The van der Waals surface area contributed by atoms with Crippen LogP contribution in [-0.2, 0) is 38.4 Å². The molecule has 1 heterocycles. The maximum Gasteiger partial charge on any atom is 0.347 e. The van der Waals surface area contributed by atoms with Gasteiger partial charge < -0.3 is 37.0 Å². The number of carbonyl (C=O) groups excluding carboxylic acids is 2. The summed E-state index contributed by atoms with van der Waals surface area (Å²) < 4.78 is 18.1. The standard InChI is InChI=1S/C21H24N3O8PS2/c22-15-3-8-18(19(14-15)32-20(25)2-1-11-30-24(27)28)21(26)31-16-4-6-17(7-5-16)33(34,35)23-9-12-29-13-10-23/h3-8,14H,1-2,9-13,22H2,(H,34,35)/p-1. The molecule has 0 spiro atoms. The van der Waals surface area contributed by atoms with Crippen molar-refractivity contribution < 1.29 is 33.7 Å². The molecule has 2 aromatic carbocycles. The quantitative estimate of drug-likeness (QED) is 0.0689. The Morgan fingerprint density at radius 3 is 2.51 bits per heavy atom. The second-order valence-electron chi connectivity index (χ2n) is 7.36. The molecule has 1 fully saturated rings. The second kappa shape index (κ2) is 12.3. The fourth-order valence-corrected chi connectivity index (χ4v) is 6.42. The summed E-state index contributed by atoms with van der Waals surface area (Å²) in [6.45, 7) is 2.28. The van der Waals surface area contributed by atoms with Crippen LogP contribution in [0.1, 0.15) is 23.2 Å². The lowest BCUT2D eigenvalue weighted by Gasteiger charge is -2.43. The zero-order valence-corrected chi connectivity index (χ0v) is 21.0. The number of anilines is 1. The molecule has 1 atom stereocenters.